The Morgan fingerprint density at radius 1 is 1.14 bits per heavy atom. The van der Waals surface area contributed by atoms with Crippen molar-refractivity contribution in [3.63, 3.8) is 0 Å². The Morgan fingerprint density at radius 2 is 1.93 bits per heavy atom. The Labute approximate surface area is 181 Å². The summed E-state index contributed by atoms with van der Waals surface area (Å²) in [4.78, 5) is 17.7. The predicted octanol–water partition coefficient (Wildman–Crippen LogP) is 4.85. The Kier molecular flexibility index (Phi) is 5.85. The molecule has 5 nitrogen and oxygen atoms in total. The number of rotatable bonds is 6. The third-order valence-corrected chi connectivity index (χ3v) is 6.00. The molecule has 0 aliphatic carbocycles. The molecule has 0 saturated carbocycles. The number of nitrogens with zero attached hydrogens (tertiary/aromatic N) is 3. The van der Waals surface area contributed by atoms with Crippen molar-refractivity contribution in [1.82, 2.24) is 14.6 Å². The number of benzene rings is 2. The Hall–Kier alpha value is -2.41. The Bertz CT molecular complexity index is 1270. The van der Waals surface area contributed by atoms with E-state index in [1.807, 2.05) is 24.3 Å². The third-order valence-electron chi connectivity index (χ3n) is 4.30. The van der Waals surface area contributed by atoms with Crippen molar-refractivity contribution in [2.75, 3.05) is 6.61 Å². The van der Waals surface area contributed by atoms with Crippen LogP contribution in [-0.2, 0) is 0 Å². The molecule has 0 aliphatic heterocycles. The molecular formula is C21H17Cl2N3O2S. The van der Waals surface area contributed by atoms with Crippen LogP contribution in [0.5, 0.6) is 5.75 Å². The summed E-state index contributed by atoms with van der Waals surface area (Å²) in [6.07, 6.45) is 3.87. The first-order chi connectivity index (χ1) is 14.0. The van der Waals surface area contributed by atoms with Crippen molar-refractivity contribution in [3.05, 3.63) is 73.0 Å². The van der Waals surface area contributed by atoms with Gasteiger partial charge < -0.3 is 4.74 Å². The summed E-state index contributed by atoms with van der Waals surface area (Å²) in [5.74, 6) is 1.32. The second-order valence-electron chi connectivity index (χ2n) is 6.45. The normalized spacial score (nSPS) is 12.0. The molecule has 0 N–H and O–H groups in total. The molecule has 29 heavy (non-hydrogen) atoms. The van der Waals surface area contributed by atoms with Gasteiger partial charge in [0, 0.05) is 5.56 Å². The van der Waals surface area contributed by atoms with E-state index in [1.54, 1.807) is 24.3 Å². The minimum Gasteiger partial charge on any atom is -0.494 e. The van der Waals surface area contributed by atoms with Crippen molar-refractivity contribution in [2.24, 2.45) is 0 Å². The summed E-state index contributed by atoms with van der Waals surface area (Å²) in [5, 5.41) is 5.29. The first-order valence-corrected chi connectivity index (χ1v) is 10.7. The lowest BCUT2D eigenvalue weighted by Crippen LogP contribution is -2.23. The van der Waals surface area contributed by atoms with Crippen LogP contribution in [-0.4, -0.2) is 21.2 Å². The maximum atomic E-state index is 12.7. The summed E-state index contributed by atoms with van der Waals surface area (Å²) < 4.78 is 7.53. The number of hydrogen-bond acceptors (Lipinski definition) is 5. The summed E-state index contributed by atoms with van der Waals surface area (Å²) in [7, 11) is 0. The van der Waals surface area contributed by atoms with Gasteiger partial charge in [-0.2, -0.15) is 9.50 Å². The lowest BCUT2D eigenvalue weighted by atomic mass is 10.2. The number of aromatic nitrogens is 3. The van der Waals surface area contributed by atoms with Crippen molar-refractivity contribution >= 4 is 45.6 Å². The van der Waals surface area contributed by atoms with Crippen LogP contribution >= 0.6 is 34.5 Å². The fraction of sp³-hybridized carbons (Fsp3) is 0.190. The molecule has 0 aliphatic rings. The van der Waals surface area contributed by atoms with Crippen molar-refractivity contribution in [2.45, 2.75) is 19.8 Å². The van der Waals surface area contributed by atoms with E-state index in [4.69, 9.17) is 27.9 Å². The zero-order chi connectivity index (χ0) is 20.4. The average molecular weight is 446 g/mol. The van der Waals surface area contributed by atoms with E-state index < -0.39 is 0 Å². The fourth-order valence-corrected chi connectivity index (χ4v) is 3.96. The maximum absolute atomic E-state index is 12.7. The first kappa shape index (κ1) is 19.9. The highest BCUT2D eigenvalue weighted by molar-refractivity contribution is 7.15. The molecule has 4 rings (SSSR count). The minimum atomic E-state index is -0.214. The molecule has 4 aromatic rings. The molecule has 0 radical (unpaired) electrons. The molecule has 0 fully saturated rings. The van der Waals surface area contributed by atoms with Gasteiger partial charge in [-0.05, 0) is 54.5 Å². The SMILES string of the molecule is CCCCOc1ccc(-c2nc3s/c(=C/c4ccc(Cl)c(Cl)c4)c(=O)n3n2)cc1. The van der Waals surface area contributed by atoms with Crippen molar-refractivity contribution in [3.8, 4) is 17.1 Å². The number of thiazole rings is 1. The smallest absolute Gasteiger partial charge is 0.291 e. The minimum absolute atomic E-state index is 0.214. The summed E-state index contributed by atoms with van der Waals surface area (Å²) >= 11 is 13.3. The molecule has 0 atom stereocenters. The van der Waals surface area contributed by atoms with Gasteiger partial charge in [-0.3, -0.25) is 4.79 Å². The van der Waals surface area contributed by atoms with Crippen molar-refractivity contribution < 1.29 is 4.74 Å². The molecule has 0 unspecified atom stereocenters. The standard InChI is InChI=1S/C21H17Cl2N3O2S/c1-2-3-10-28-15-7-5-14(6-8-15)19-24-21-26(25-19)20(27)18(29-21)12-13-4-9-16(22)17(23)11-13/h4-9,11-12H,2-3,10H2,1H3/b18-12+. The van der Waals surface area contributed by atoms with Gasteiger partial charge in [-0.25, -0.2) is 0 Å². The lowest BCUT2D eigenvalue weighted by molar-refractivity contribution is 0.309. The van der Waals surface area contributed by atoms with E-state index in [0.29, 0.717) is 32.0 Å². The fourth-order valence-electron chi connectivity index (χ4n) is 2.74. The Morgan fingerprint density at radius 3 is 2.62 bits per heavy atom. The highest BCUT2D eigenvalue weighted by Gasteiger charge is 2.12. The van der Waals surface area contributed by atoms with E-state index in [9.17, 15) is 4.79 Å². The Balaban J connectivity index is 1.62. The van der Waals surface area contributed by atoms with E-state index >= 15 is 0 Å². The quantitative estimate of drug-likeness (QED) is 0.398. The number of halogens is 2. The molecule has 0 bridgehead atoms. The molecule has 0 spiro atoms. The van der Waals surface area contributed by atoms with Crippen LogP contribution in [0.4, 0.5) is 0 Å². The second-order valence-corrected chi connectivity index (χ2v) is 8.27. The number of fused-ring (bicyclic) bond motifs is 1. The van der Waals surface area contributed by atoms with E-state index in [2.05, 4.69) is 17.0 Å². The highest BCUT2D eigenvalue weighted by Crippen LogP contribution is 2.23. The lowest BCUT2D eigenvalue weighted by Gasteiger charge is -2.05. The van der Waals surface area contributed by atoms with Gasteiger partial charge in [0.15, 0.2) is 5.82 Å². The highest BCUT2D eigenvalue weighted by atomic mass is 35.5. The van der Waals surface area contributed by atoms with E-state index in [0.717, 1.165) is 29.7 Å². The van der Waals surface area contributed by atoms with Gasteiger partial charge in [0.25, 0.3) is 5.56 Å². The monoisotopic (exact) mass is 445 g/mol. The van der Waals surface area contributed by atoms with Crippen LogP contribution in [0, 0.1) is 0 Å². The van der Waals surface area contributed by atoms with Gasteiger partial charge in [0.05, 0.1) is 21.2 Å². The zero-order valence-corrected chi connectivity index (χ0v) is 17.9. The molecule has 2 heterocycles. The molecule has 2 aromatic heterocycles. The van der Waals surface area contributed by atoms with Gasteiger partial charge in [-0.15, -0.1) is 5.10 Å². The number of unbranched alkanes of at least 4 members (excludes halogenated alkanes) is 1. The van der Waals surface area contributed by atoms with E-state index in [-0.39, 0.29) is 5.56 Å². The summed E-state index contributed by atoms with van der Waals surface area (Å²) in [6.45, 7) is 2.83. The van der Waals surface area contributed by atoms with Gasteiger partial charge in [0.1, 0.15) is 5.75 Å². The molecule has 148 valence electrons. The number of hydrogen-bond donors (Lipinski definition) is 0. The third kappa shape index (κ3) is 4.29. The maximum Gasteiger partial charge on any atom is 0.291 e. The van der Waals surface area contributed by atoms with Gasteiger partial charge in [0.2, 0.25) is 4.96 Å². The predicted molar refractivity (Wildman–Crippen MR) is 118 cm³/mol. The molecule has 0 saturated heterocycles. The first-order valence-electron chi connectivity index (χ1n) is 9.15. The molecule has 8 heteroatoms. The summed E-state index contributed by atoms with van der Waals surface area (Å²) in [5.41, 5.74) is 1.41. The molecule has 0 amide bonds. The second kappa shape index (κ2) is 8.53. The van der Waals surface area contributed by atoms with Gasteiger partial charge >= 0.3 is 0 Å². The number of ether oxygens (including phenoxy) is 1. The van der Waals surface area contributed by atoms with Gasteiger partial charge in [-0.1, -0.05) is 53.9 Å². The van der Waals surface area contributed by atoms with Crippen LogP contribution in [0.25, 0.3) is 22.4 Å². The average Bonchev–Trinajstić information content (AvgIpc) is 3.25. The van der Waals surface area contributed by atoms with Crippen LogP contribution in [0.3, 0.4) is 0 Å². The topological polar surface area (TPSA) is 56.5 Å². The van der Waals surface area contributed by atoms with Crippen molar-refractivity contribution in [1.29, 1.82) is 0 Å². The largest absolute Gasteiger partial charge is 0.494 e. The van der Waals surface area contributed by atoms with Crippen LogP contribution in [0.15, 0.2) is 47.3 Å². The molecular weight excluding hydrogens is 429 g/mol. The summed E-state index contributed by atoms with van der Waals surface area (Å²) in [6, 6.07) is 12.8. The van der Waals surface area contributed by atoms with Crippen LogP contribution < -0.4 is 14.8 Å². The van der Waals surface area contributed by atoms with E-state index in [1.165, 1.54) is 15.9 Å². The molecule has 2 aromatic carbocycles. The van der Waals surface area contributed by atoms with Crippen LogP contribution in [0.1, 0.15) is 25.3 Å². The zero-order valence-electron chi connectivity index (χ0n) is 15.6. The van der Waals surface area contributed by atoms with Crippen LogP contribution in [0.2, 0.25) is 10.0 Å².